The maximum absolute atomic E-state index is 15.4. The van der Waals surface area contributed by atoms with Gasteiger partial charge in [0.15, 0.2) is 88.7 Å². The Hall–Kier alpha value is -6.23. The topological polar surface area (TPSA) is 16.8 Å². The third-order valence-electron chi connectivity index (χ3n) is 8.65. The molecular formula is C35H10BF21N2. The van der Waals surface area contributed by atoms with E-state index in [4.69, 9.17) is 0 Å². The molecule has 0 saturated carbocycles. The summed E-state index contributed by atoms with van der Waals surface area (Å²) < 4.78 is 309. The van der Waals surface area contributed by atoms with Crippen LogP contribution < -0.4 is 26.4 Å². The number of nitrogens with zero attached hydrogens (tertiary/aromatic N) is 2. The highest BCUT2D eigenvalue weighted by atomic mass is 19.2. The van der Waals surface area contributed by atoms with Gasteiger partial charge in [-0.15, -0.1) is 21.9 Å². The lowest BCUT2D eigenvalue weighted by Gasteiger charge is -2.44. The van der Waals surface area contributed by atoms with Crippen molar-refractivity contribution in [2.24, 2.45) is 0 Å². The Balaban J connectivity index is 0.000000395. The molecule has 59 heavy (non-hydrogen) atoms. The average Bonchev–Trinajstić information content (AvgIpc) is 3.21. The largest absolute Gasteiger partial charge is 0.252 e. The second kappa shape index (κ2) is 16.2. The molecule has 5 aromatic carbocycles. The van der Waals surface area contributed by atoms with Gasteiger partial charge in [-0.25, -0.2) is 92.2 Å². The van der Waals surface area contributed by atoms with E-state index in [9.17, 15) is 57.1 Å². The van der Waals surface area contributed by atoms with Gasteiger partial charge in [0.1, 0.15) is 58.5 Å². The van der Waals surface area contributed by atoms with E-state index in [1.54, 1.807) is 18.5 Å². The monoisotopic (exact) mass is 868 g/mol. The Morgan fingerprint density at radius 3 is 0.864 bits per heavy atom. The summed E-state index contributed by atoms with van der Waals surface area (Å²) in [6, 6.07) is 6.59. The average molecular weight is 868 g/mol. The summed E-state index contributed by atoms with van der Waals surface area (Å²) in [5.41, 5.74) is -13.4. The first-order valence-electron chi connectivity index (χ1n) is 15.3. The van der Waals surface area contributed by atoms with Crippen LogP contribution in [0.25, 0.3) is 0 Å². The molecule has 6 rings (SSSR count). The molecule has 310 valence electrons. The molecule has 0 fully saturated rings. The molecule has 0 unspecified atom stereocenters. The van der Waals surface area contributed by atoms with Gasteiger partial charge >= 0.3 is 0 Å². The number of hydrogen-bond donors (Lipinski definition) is 0. The third kappa shape index (κ3) is 6.96. The lowest BCUT2D eigenvalue weighted by molar-refractivity contribution is -0.688. The fourth-order valence-electron chi connectivity index (χ4n) is 6.17. The molecule has 0 radical (unpaired) electrons. The molecule has 0 spiro atoms. The van der Waals surface area contributed by atoms with E-state index in [-0.39, 0.29) is 5.82 Å². The van der Waals surface area contributed by atoms with Crippen LogP contribution in [0.2, 0.25) is 0 Å². The number of benzene rings is 5. The van der Waals surface area contributed by atoms with Gasteiger partial charge in [0.25, 0.3) is 0 Å². The maximum atomic E-state index is 15.4. The third-order valence-corrected chi connectivity index (χ3v) is 8.65. The Morgan fingerprint density at radius 1 is 0.356 bits per heavy atom. The Kier molecular flexibility index (Phi) is 12.1. The van der Waals surface area contributed by atoms with Crippen LogP contribution >= 0.6 is 0 Å². The van der Waals surface area contributed by atoms with E-state index in [2.05, 4.69) is 4.98 Å². The molecule has 0 N–H and O–H groups in total. The normalized spacial score (nSPS) is 11.5. The van der Waals surface area contributed by atoms with Gasteiger partial charge in [0.05, 0.1) is 12.4 Å². The zero-order valence-electron chi connectivity index (χ0n) is 27.7. The smallest absolute Gasteiger partial charge is 0.200 e. The standard InChI is InChI=1S/C24BF20.C11H10FN2/c26-5-1(6(27)14(35)21(42)13(5)34)25(2-7(28)15(36)22(43)16(37)8(2)29,3-9(30)17(38)23(44)18(39)10(3)31)4-11(32)19(40)24(45)20(41)12(4)33;12-11-3-1-2-10(8-11)9-14-6-4-13-5-7-14/h;1-8H,9H2/q-1;+1. The highest BCUT2D eigenvalue weighted by Crippen LogP contribution is 2.30. The van der Waals surface area contributed by atoms with E-state index >= 15 is 35.1 Å². The minimum atomic E-state index is -7.22. The molecular weight excluding hydrogens is 858 g/mol. The molecule has 0 amide bonds. The van der Waals surface area contributed by atoms with Gasteiger partial charge in [-0.1, -0.05) is 12.1 Å². The van der Waals surface area contributed by atoms with Gasteiger partial charge in [0, 0.05) is 5.56 Å². The molecule has 0 aliphatic carbocycles. The first kappa shape index (κ1) is 43.9. The zero-order chi connectivity index (χ0) is 44.2. The number of halogens is 21. The highest BCUT2D eigenvalue weighted by molar-refractivity contribution is 7.20. The summed E-state index contributed by atoms with van der Waals surface area (Å²) in [7, 11) is 0. The van der Waals surface area contributed by atoms with E-state index in [0.29, 0.717) is 6.54 Å². The van der Waals surface area contributed by atoms with Crippen molar-refractivity contribution < 1.29 is 96.8 Å². The molecule has 6 aromatic rings. The van der Waals surface area contributed by atoms with Crippen LogP contribution in [0.3, 0.4) is 0 Å². The van der Waals surface area contributed by atoms with Crippen LogP contribution in [0.15, 0.2) is 49.1 Å². The Bertz CT molecular complexity index is 2280. The number of hydrogen-bond acceptors (Lipinski definition) is 1. The van der Waals surface area contributed by atoms with Crippen LogP contribution in [0, 0.1) is 122 Å². The van der Waals surface area contributed by atoms with Gasteiger partial charge in [-0.3, -0.25) is 4.98 Å². The maximum Gasteiger partial charge on any atom is 0.200 e. The first-order chi connectivity index (χ1) is 27.5. The molecule has 0 saturated heterocycles. The predicted octanol–water partition coefficient (Wildman–Crippen LogP) is 7.40. The molecule has 1 heterocycles. The van der Waals surface area contributed by atoms with E-state index in [1.807, 2.05) is 23.0 Å². The first-order valence-corrected chi connectivity index (χ1v) is 15.3. The van der Waals surface area contributed by atoms with Crippen LogP contribution in [0.4, 0.5) is 92.2 Å². The molecule has 0 atom stereocenters. The fourth-order valence-corrected chi connectivity index (χ4v) is 6.17. The molecule has 1 aromatic heterocycles. The van der Waals surface area contributed by atoms with Crippen molar-refractivity contribution >= 4 is 28.0 Å². The van der Waals surface area contributed by atoms with E-state index < -0.39 is 144 Å². The van der Waals surface area contributed by atoms with Crippen LogP contribution in [0.5, 0.6) is 0 Å². The second-order valence-electron chi connectivity index (χ2n) is 11.8. The van der Waals surface area contributed by atoms with E-state index in [0.717, 1.165) is 5.56 Å². The van der Waals surface area contributed by atoms with Gasteiger partial charge in [-0.05, 0) is 12.1 Å². The summed E-state index contributed by atoms with van der Waals surface area (Å²) in [4.78, 5) is 3.91. The van der Waals surface area contributed by atoms with Gasteiger partial charge in [-0.2, -0.15) is 4.57 Å². The Morgan fingerprint density at radius 2 is 0.610 bits per heavy atom. The molecule has 2 nitrogen and oxygen atoms in total. The van der Waals surface area contributed by atoms with E-state index in [1.165, 1.54) is 12.1 Å². The summed E-state index contributed by atoms with van der Waals surface area (Å²) in [5, 5.41) is 0. The van der Waals surface area contributed by atoms with Crippen LogP contribution in [0.1, 0.15) is 5.56 Å². The quantitative estimate of drug-likeness (QED) is 0.0561. The molecule has 0 bridgehead atoms. The van der Waals surface area contributed by atoms with Crippen LogP contribution in [-0.4, -0.2) is 11.1 Å². The fraction of sp³-hybridized carbons (Fsp3) is 0.0286. The minimum Gasteiger partial charge on any atom is -0.252 e. The van der Waals surface area contributed by atoms with Crippen molar-refractivity contribution in [3.63, 3.8) is 0 Å². The second-order valence-corrected chi connectivity index (χ2v) is 11.8. The number of aromatic nitrogens is 2. The lowest BCUT2D eigenvalue weighted by atomic mass is 9.12. The van der Waals surface area contributed by atoms with Crippen molar-refractivity contribution in [1.29, 1.82) is 0 Å². The van der Waals surface area contributed by atoms with Gasteiger partial charge in [0.2, 0.25) is 0 Å². The highest BCUT2D eigenvalue weighted by Gasteiger charge is 2.52. The number of rotatable bonds is 6. The predicted molar refractivity (Wildman–Crippen MR) is 159 cm³/mol. The van der Waals surface area contributed by atoms with Gasteiger partial charge < -0.3 is 0 Å². The molecule has 0 aliphatic heterocycles. The van der Waals surface area contributed by atoms with Crippen LogP contribution in [-0.2, 0) is 6.54 Å². The zero-order valence-corrected chi connectivity index (χ0v) is 27.7. The summed E-state index contributed by atoms with van der Waals surface area (Å²) in [5.74, 6) is -71.6. The van der Waals surface area contributed by atoms with Crippen molar-refractivity contribution in [2.75, 3.05) is 0 Å². The van der Waals surface area contributed by atoms with Crippen molar-refractivity contribution in [1.82, 2.24) is 4.98 Å². The lowest BCUT2D eigenvalue weighted by Crippen LogP contribution is -2.81. The SMILES string of the molecule is Fc1c(F)c(F)c([B-](c2c(F)c(F)c(F)c(F)c2F)(c2c(F)c(F)c(F)c(F)c2F)c2c(F)c(F)c(F)c(F)c2F)c(F)c1F.Fc1cccc(C[n+]2ccncc2)c1. The molecule has 0 aliphatic rings. The molecule has 24 heteroatoms. The van der Waals surface area contributed by atoms with Crippen molar-refractivity contribution in [3.8, 4) is 0 Å². The summed E-state index contributed by atoms with van der Waals surface area (Å²) in [6.07, 6.45) is -0.0976. The van der Waals surface area contributed by atoms with Crippen molar-refractivity contribution in [3.05, 3.63) is 177 Å². The Labute approximate surface area is 313 Å². The van der Waals surface area contributed by atoms with Crippen molar-refractivity contribution in [2.45, 2.75) is 6.54 Å². The summed E-state index contributed by atoms with van der Waals surface area (Å²) in [6.45, 7) is 0.667. The minimum absolute atomic E-state index is 0.197. The summed E-state index contributed by atoms with van der Waals surface area (Å²) >= 11 is 0.